The standard InChI is InChI=1S/C33H41N5O6.C12H23N3O3.CH4/c1-21-8-13-36(14-9-21)30(39)28(20-23-18-22(2)29-27(19-23)43-32(41)35(29)3)44-33(42)37-15-11-25(12-16-37)38-17-10-24-6-4-5-7-26(24)34-31(38)40;1-13(2)11(16)10-18-12(17)4-5-15-8-6-14(3)7-9-15;/h4-7,18-19,21,25,28H,8-17,20H2,1-3H3,(H,34,40);4-10H2,1-3H3;1H4/t28-;;/m1../s1. The monoisotopic (exact) mass is 877 g/mol. The molecule has 346 valence electrons. The van der Waals surface area contributed by atoms with Crippen LogP contribution in [0.25, 0.3) is 11.1 Å². The molecule has 17 heteroatoms. The number of ether oxygens (including phenoxy) is 2. The summed E-state index contributed by atoms with van der Waals surface area (Å²) in [5.41, 5.74) is 4.72. The maximum Gasteiger partial charge on any atom is 0.419 e. The van der Waals surface area contributed by atoms with Crippen molar-refractivity contribution in [1.29, 1.82) is 0 Å². The summed E-state index contributed by atoms with van der Waals surface area (Å²) < 4.78 is 17.8. The van der Waals surface area contributed by atoms with Gasteiger partial charge in [-0.1, -0.05) is 38.6 Å². The minimum absolute atomic E-state index is 0. The van der Waals surface area contributed by atoms with Crippen molar-refractivity contribution in [3.8, 4) is 0 Å². The summed E-state index contributed by atoms with van der Waals surface area (Å²) in [6, 6.07) is 11.4. The number of likely N-dealkylation sites (N-methyl/N-ethyl adjacent to an activating group) is 2. The number of piperazine rings is 1. The second-order valence-corrected chi connectivity index (χ2v) is 17.4. The van der Waals surface area contributed by atoms with Gasteiger partial charge in [-0.15, -0.1) is 0 Å². The van der Waals surface area contributed by atoms with Gasteiger partial charge in [-0.3, -0.25) is 19.0 Å². The highest BCUT2D eigenvalue weighted by atomic mass is 16.6. The van der Waals surface area contributed by atoms with Gasteiger partial charge in [0.05, 0.1) is 11.9 Å². The number of aromatic nitrogens is 1. The molecule has 4 aliphatic heterocycles. The lowest BCUT2D eigenvalue weighted by atomic mass is 9.98. The van der Waals surface area contributed by atoms with Gasteiger partial charge in [0.15, 0.2) is 18.3 Å². The van der Waals surface area contributed by atoms with Crippen molar-refractivity contribution in [2.75, 3.05) is 98.5 Å². The van der Waals surface area contributed by atoms with Crippen LogP contribution in [0.5, 0.6) is 0 Å². The zero-order chi connectivity index (χ0) is 44.5. The normalized spacial score (nSPS) is 18.3. The number of carbonyl (C=O) groups is 5. The average Bonchev–Trinajstić information content (AvgIpc) is 3.43. The van der Waals surface area contributed by atoms with Gasteiger partial charge in [-0.05, 0) is 80.8 Å². The summed E-state index contributed by atoms with van der Waals surface area (Å²) in [5, 5.41) is 3.03. The van der Waals surface area contributed by atoms with Crippen LogP contribution >= 0.6 is 0 Å². The highest BCUT2D eigenvalue weighted by Crippen LogP contribution is 2.27. The van der Waals surface area contributed by atoms with Crippen LogP contribution in [0.3, 0.4) is 0 Å². The van der Waals surface area contributed by atoms with E-state index in [-0.39, 0.29) is 50.3 Å². The van der Waals surface area contributed by atoms with E-state index in [1.54, 1.807) is 37.0 Å². The predicted molar refractivity (Wildman–Crippen MR) is 241 cm³/mol. The number of benzene rings is 2. The lowest BCUT2D eigenvalue weighted by Crippen LogP contribution is -2.51. The van der Waals surface area contributed by atoms with Crippen LogP contribution in [0, 0.1) is 12.8 Å². The summed E-state index contributed by atoms with van der Waals surface area (Å²) >= 11 is 0. The molecule has 17 nitrogen and oxygen atoms in total. The molecule has 3 aromatic rings. The molecule has 3 fully saturated rings. The number of para-hydroxylation sites is 1. The van der Waals surface area contributed by atoms with E-state index in [1.165, 1.54) is 9.47 Å². The van der Waals surface area contributed by atoms with Crippen molar-refractivity contribution in [1.82, 2.24) is 34.0 Å². The molecular weight excluding hydrogens is 809 g/mol. The van der Waals surface area contributed by atoms with Gasteiger partial charge in [-0.25, -0.2) is 14.4 Å². The first-order chi connectivity index (χ1) is 29.7. The molecule has 3 saturated heterocycles. The summed E-state index contributed by atoms with van der Waals surface area (Å²) in [6.07, 6.45) is 2.86. The molecule has 63 heavy (non-hydrogen) atoms. The van der Waals surface area contributed by atoms with Crippen molar-refractivity contribution >= 4 is 46.7 Å². The first-order valence-corrected chi connectivity index (χ1v) is 21.9. The first kappa shape index (κ1) is 48.6. The average molecular weight is 877 g/mol. The van der Waals surface area contributed by atoms with Gasteiger partial charge in [0, 0.05) is 105 Å². The number of nitrogens with one attached hydrogen (secondary N) is 1. The molecule has 2 aromatic carbocycles. The molecule has 5 amide bonds. The van der Waals surface area contributed by atoms with Crippen molar-refractivity contribution < 1.29 is 37.9 Å². The molecule has 0 saturated carbocycles. The molecule has 0 bridgehead atoms. The van der Waals surface area contributed by atoms with Crippen LogP contribution in [0.2, 0.25) is 0 Å². The molecule has 0 unspecified atom stereocenters. The SMILES string of the molecule is C.CN1CCN(CCC(=O)OCC(=O)N(C)C)CC1.Cc1cc(C[C@@H](OC(=O)N2CCC(N3CCc4ccccc4NC3=O)CC2)C(=O)N2CCC(C)CC2)cc2oc(=O)n(C)c12. The van der Waals surface area contributed by atoms with Crippen molar-refractivity contribution in [3.05, 3.63) is 63.6 Å². The quantitative estimate of drug-likeness (QED) is 0.290. The zero-order valence-electron chi connectivity index (χ0n) is 37.2. The van der Waals surface area contributed by atoms with E-state index in [0.717, 1.165) is 67.8 Å². The number of amides is 5. The fourth-order valence-corrected chi connectivity index (χ4v) is 8.48. The predicted octanol–water partition coefficient (Wildman–Crippen LogP) is 4.19. The number of anilines is 1. The topological polar surface area (TPSA) is 170 Å². The number of esters is 1. The van der Waals surface area contributed by atoms with E-state index in [2.05, 4.69) is 29.1 Å². The molecular formula is C46H68N8O9. The number of likely N-dealkylation sites (tertiary alicyclic amines) is 2. The molecule has 7 rings (SSSR count). The number of piperidine rings is 2. The van der Waals surface area contributed by atoms with Crippen LogP contribution < -0.4 is 11.1 Å². The van der Waals surface area contributed by atoms with Crippen LogP contribution in [0.4, 0.5) is 15.3 Å². The Morgan fingerprint density at radius 1 is 0.889 bits per heavy atom. The lowest BCUT2D eigenvalue weighted by molar-refractivity contribution is -0.151. The largest absolute Gasteiger partial charge is 0.456 e. The number of hydrogen-bond acceptors (Lipinski definition) is 11. The Bertz CT molecular complexity index is 2110. The summed E-state index contributed by atoms with van der Waals surface area (Å²) in [5.74, 6) is -0.597. The molecule has 0 spiro atoms. The minimum Gasteiger partial charge on any atom is -0.456 e. The van der Waals surface area contributed by atoms with Crippen LogP contribution in [-0.2, 0) is 43.7 Å². The maximum absolute atomic E-state index is 13.8. The number of urea groups is 1. The van der Waals surface area contributed by atoms with E-state index in [0.29, 0.717) is 75.5 Å². The van der Waals surface area contributed by atoms with Crippen molar-refractivity contribution in [2.24, 2.45) is 13.0 Å². The Kier molecular flexibility index (Phi) is 17.2. The Balaban J connectivity index is 0.000000333. The highest BCUT2D eigenvalue weighted by molar-refractivity contribution is 5.91. The number of aryl methyl sites for hydroxylation is 2. The fourth-order valence-electron chi connectivity index (χ4n) is 8.48. The molecule has 1 atom stereocenters. The molecule has 4 aliphatic rings. The van der Waals surface area contributed by atoms with Gasteiger partial charge >= 0.3 is 23.8 Å². The van der Waals surface area contributed by atoms with Gasteiger partial charge in [0.2, 0.25) is 0 Å². The van der Waals surface area contributed by atoms with E-state index >= 15 is 0 Å². The van der Waals surface area contributed by atoms with E-state index in [4.69, 9.17) is 13.9 Å². The van der Waals surface area contributed by atoms with E-state index < -0.39 is 18.0 Å². The summed E-state index contributed by atoms with van der Waals surface area (Å²) in [6.45, 7) is 11.4. The second kappa shape index (κ2) is 22.3. The summed E-state index contributed by atoms with van der Waals surface area (Å²) in [4.78, 5) is 86.3. The maximum atomic E-state index is 13.8. The molecule has 1 aromatic heterocycles. The molecule has 0 radical (unpaired) electrons. The van der Waals surface area contributed by atoms with Crippen LogP contribution in [-0.4, -0.2) is 169 Å². The van der Waals surface area contributed by atoms with Gasteiger partial charge in [0.1, 0.15) is 0 Å². The number of carbonyl (C=O) groups excluding carboxylic acids is 5. The number of rotatable bonds is 10. The van der Waals surface area contributed by atoms with E-state index in [9.17, 15) is 28.8 Å². The third-order valence-corrected chi connectivity index (χ3v) is 12.6. The third-order valence-electron chi connectivity index (χ3n) is 12.6. The smallest absolute Gasteiger partial charge is 0.419 e. The summed E-state index contributed by atoms with van der Waals surface area (Å²) in [7, 11) is 7.03. The molecule has 5 heterocycles. The van der Waals surface area contributed by atoms with Crippen molar-refractivity contribution in [3.63, 3.8) is 0 Å². The Hall–Kier alpha value is -5.42. The van der Waals surface area contributed by atoms with Gasteiger partial charge in [0.25, 0.3) is 11.8 Å². The minimum atomic E-state index is -1.00. The van der Waals surface area contributed by atoms with Gasteiger partial charge < -0.3 is 48.6 Å². The first-order valence-electron chi connectivity index (χ1n) is 21.9. The highest BCUT2D eigenvalue weighted by Gasteiger charge is 2.35. The number of nitrogens with zero attached hydrogens (tertiary/aromatic N) is 7. The lowest BCUT2D eigenvalue weighted by Gasteiger charge is -2.38. The van der Waals surface area contributed by atoms with Crippen LogP contribution in [0.15, 0.2) is 45.6 Å². The van der Waals surface area contributed by atoms with Crippen molar-refractivity contribution in [2.45, 2.75) is 78.4 Å². The van der Waals surface area contributed by atoms with E-state index in [1.807, 2.05) is 42.2 Å². The Morgan fingerprint density at radius 3 is 2.24 bits per heavy atom. The second-order valence-electron chi connectivity index (χ2n) is 17.4. The third kappa shape index (κ3) is 12.8. The van der Waals surface area contributed by atoms with Gasteiger partial charge in [-0.2, -0.15) is 0 Å². The van der Waals surface area contributed by atoms with Crippen LogP contribution in [0.1, 0.15) is 63.1 Å². The Morgan fingerprint density at radius 2 is 1.56 bits per heavy atom. The number of oxazole rings is 1. The number of hydrogen-bond donors (Lipinski definition) is 1. The number of fused-ring (bicyclic) bond motifs is 2. The fraction of sp³-hybridized carbons (Fsp3) is 0.609. The molecule has 0 aliphatic carbocycles. The zero-order valence-corrected chi connectivity index (χ0v) is 37.2. The molecule has 1 N–H and O–H groups in total. The Labute approximate surface area is 371 Å².